The Labute approximate surface area is 173 Å². The number of hydrogen-bond acceptors (Lipinski definition) is 5. The molecule has 10 heteroatoms. The fourth-order valence-corrected chi connectivity index (χ4v) is 6.27. The average molecular weight is 489 g/mol. The van der Waals surface area contributed by atoms with E-state index in [0.29, 0.717) is 23.3 Å². The van der Waals surface area contributed by atoms with Crippen LogP contribution in [0.15, 0.2) is 56.7 Å². The van der Waals surface area contributed by atoms with Crippen LogP contribution < -0.4 is 9.46 Å². The third-order valence-electron chi connectivity index (χ3n) is 4.49. The SMILES string of the molecule is COc1ccc(S(=O)(=O)Nc2ccc(S(=O)(=O)N3CCCCC3)cc2)cc1Br. The van der Waals surface area contributed by atoms with Crippen LogP contribution in [0, 0.1) is 0 Å². The molecule has 0 bridgehead atoms. The van der Waals surface area contributed by atoms with E-state index in [1.54, 1.807) is 6.07 Å². The van der Waals surface area contributed by atoms with Gasteiger partial charge in [0.05, 0.1) is 21.4 Å². The second-order valence-corrected chi connectivity index (χ2v) is 10.9. The molecule has 28 heavy (non-hydrogen) atoms. The van der Waals surface area contributed by atoms with Crippen molar-refractivity contribution in [2.75, 3.05) is 24.9 Å². The Bertz CT molecular complexity index is 1050. The number of anilines is 1. The predicted octanol–water partition coefficient (Wildman–Crippen LogP) is 3.43. The van der Waals surface area contributed by atoms with Crippen LogP contribution >= 0.6 is 15.9 Å². The summed E-state index contributed by atoms with van der Waals surface area (Å²) in [5, 5.41) is 0. The van der Waals surface area contributed by atoms with Crippen LogP contribution in [0.1, 0.15) is 19.3 Å². The summed E-state index contributed by atoms with van der Waals surface area (Å²) in [7, 11) is -5.88. The number of halogens is 1. The first-order valence-corrected chi connectivity index (χ1v) is 12.4. The molecule has 7 nitrogen and oxygen atoms in total. The zero-order valence-electron chi connectivity index (χ0n) is 15.3. The van der Waals surface area contributed by atoms with Crippen molar-refractivity contribution >= 4 is 41.7 Å². The third-order valence-corrected chi connectivity index (χ3v) is 8.40. The van der Waals surface area contributed by atoms with Gasteiger partial charge in [0, 0.05) is 18.8 Å². The van der Waals surface area contributed by atoms with E-state index >= 15 is 0 Å². The van der Waals surface area contributed by atoms with Crippen molar-refractivity contribution in [2.24, 2.45) is 0 Å². The molecule has 0 atom stereocenters. The third kappa shape index (κ3) is 4.51. The molecule has 0 spiro atoms. The van der Waals surface area contributed by atoms with Crippen LogP contribution in [0.2, 0.25) is 0 Å². The summed E-state index contributed by atoms with van der Waals surface area (Å²) in [6, 6.07) is 10.2. The molecule has 0 amide bonds. The van der Waals surface area contributed by atoms with Gasteiger partial charge in [0.15, 0.2) is 0 Å². The number of nitrogens with one attached hydrogen (secondary N) is 1. The van der Waals surface area contributed by atoms with Crippen molar-refractivity contribution in [3.8, 4) is 5.75 Å². The van der Waals surface area contributed by atoms with E-state index in [1.807, 2.05) is 0 Å². The highest BCUT2D eigenvalue weighted by molar-refractivity contribution is 9.10. The monoisotopic (exact) mass is 488 g/mol. The lowest BCUT2D eigenvalue weighted by Crippen LogP contribution is -2.35. The highest BCUT2D eigenvalue weighted by atomic mass is 79.9. The first-order valence-electron chi connectivity index (χ1n) is 8.70. The molecule has 0 aliphatic carbocycles. The quantitative estimate of drug-likeness (QED) is 0.671. The van der Waals surface area contributed by atoms with Crippen molar-refractivity contribution < 1.29 is 21.6 Å². The van der Waals surface area contributed by atoms with Crippen LogP contribution in [0.4, 0.5) is 5.69 Å². The molecule has 2 aromatic rings. The summed E-state index contributed by atoms with van der Waals surface area (Å²) in [6.07, 6.45) is 2.75. The van der Waals surface area contributed by atoms with Gasteiger partial charge in [-0.25, -0.2) is 16.8 Å². The fraction of sp³-hybridized carbons (Fsp3) is 0.333. The van der Waals surface area contributed by atoms with Crippen molar-refractivity contribution in [1.82, 2.24) is 4.31 Å². The maximum absolute atomic E-state index is 12.7. The van der Waals surface area contributed by atoms with E-state index in [4.69, 9.17) is 4.74 Å². The van der Waals surface area contributed by atoms with Crippen LogP contribution in [0.5, 0.6) is 5.75 Å². The van der Waals surface area contributed by atoms with E-state index in [0.717, 1.165) is 19.3 Å². The van der Waals surface area contributed by atoms with Crippen molar-refractivity contribution in [3.05, 3.63) is 46.9 Å². The second kappa shape index (κ2) is 8.40. The number of piperidine rings is 1. The van der Waals surface area contributed by atoms with Gasteiger partial charge in [0.1, 0.15) is 5.75 Å². The number of hydrogen-bond donors (Lipinski definition) is 1. The van der Waals surface area contributed by atoms with Gasteiger partial charge in [-0.3, -0.25) is 4.72 Å². The Morgan fingerprint density at radius 2 is 1.54 bits per heavy atom. The minimum atomic E-state index is -3.83. The van der Waals surface area contributed by atoms with E-state index in [-0.39, 0.29) is 15.5 Å². The Balaban J connectivity index is 1.79. The van der Waals surface area contributed by atoms with Crippen LogP contribution in [-0.2, 0) is 20.0 Å². The number of ether oxygens (including phenoxy) is 1. The molecule has 0 radical (unpaired) electrons. The fourth-order valence-electron chi connectivity index (χ4n) is 2.98. The summed E-state index contributed by atoms with van der Waals surface area (Å²) in [5.41, 5.74) is 0.282. The molecule has 1 N–H and O–H groups in total. The minimum absolute atomic E-state index is 0.0604. The lowest BCUT2D eigenvalue weighted by atomic mass is 10.2. The molecule has 1 fully saturated rings. The van der Waals surface area contributed by atoms with E-state index in [9.17, 15) is 16.8 Å². The zero-order valence-corrected chi connectivity index (χ0v) is 18.5. The van der Waals surface area contributed by atoms with Gasteiger partial charge in [-0.05, 0) is 71.2 Å². The summed E-state index contributed by atoms with van der Waals surface area (Å²) >= 11 is 3.27. The Morgan fingerprint density at radius 1 is 0.929 bits per heavy atom. The molecule has 0 aromatic heterocycles. The highest BCUT2D eigenvalue weighted by Gasteiger charge is 2.26. The first-order chi connectivity index (χ1) is 13.2. The lowest BCUT2D eigenvalue weighted by Gasteiger charge is -2.25. The highest BCUT2D eigenvalue weighted by Crippen LogP contribution is 2.29. The van der Waals surface area contributed by atoms with Crippen LogP contribution in [-0.4, -0.2) is 41.3 Å². The standard InChI is InChI=1S/C18H21BrN2O5S2/c1-26-18-10-9-16(13-17(18)19)27(22,23)20-14-5-7-15(8-6-14)28(24,25)21-11-3-2-4-12-21/h5-10,13,20H,2-4,11-12H2,1H3. The molecule has 152 valence electrons. The van der Waals surface area contributed by atoms with Crippen LogP contribution in [0.25, 0.3) is 0 Å². The van der Waals surface area contributed by atoms with Gasteiger partial charge >= 0.3 is 0 Å². The number of sulfonamides is 2. The Morgan fingerprint density at radius 3 is 2.11 bits per heavy atom. The molecule has 1 aliphatic heterocycles. The second-order valence-electron chi connectivity index (χ2n) is 6.39. The number of nitrogens with zero attached hydrogens (tertiary/aromatic N) is 1. The van der Waals surface area contributed by atoms with E-state index in [2.05, 4.69) is 20.7 Å². The molecule has 0 saturated carbocycles. The van der Waals surface area contributed by atoms with Crippen molar-refractivity contribution in [3.63, 3.8) is 0 Å². The number of benzene rings is 2. The average Bonchev–Trinajstić information content (AvgIpc) is 2.68. The van der Waals surface area contributed by atoms with Crippen molar-refractivity contribution in [2.45, 2.75) is 29.1 Å². The molecule has 0 unspecified atom stereocenters. The number of methoxy groups -OCH3 is 1. The summed E-state index contributed by atoms with van der Waals surface area (Å²) in [4.78, 5) is 0.217. The lowest BCUT2D eigenvalue weighted by molar-refractivity contribution is 0.346. The van der Waals surface area contributed by atoms with Gasteiger partial charge in [-0.1, -0.05) is 6.42 Å². The molecule has 2 aromatic carbocycles. The molecule has 1 saturated heterocycles. The van der Waals surface area contributed by atoms with Gasteiger partial charge in [0.2, 0.25) is 10.0 Å². The predicted molar refractivity (Wildman–Crippen MR) is 111 cm³/mol. The van der Waals surface area contributed by atoms with E-state index < -0.39 is 20.0 Å². The zero-order chi connectivity index (χ0) is 20.4. The maximum Gasteiger partial charge on any atom is 0.261 e. The molecular formula is C18H21BrN2O5S2. The molecule has 1 heterocycles. The smallest absolute Gasteiger partial charge is 0.261 e. The molecular weight excluding hydrogens is 468 g/mol. The molecule has 3 rings (SSSR count). The van der Waals surface area contributed by atoms with Gasteiger partial charge in [-0.15, -0.1) is 0 Å². The summed E-state index contributed by atoms with van der Waals surface area (Å²) in [6.45, 7) is 1.03. The number of rotatable bonds is 6. The largest absolute Gasteiger partial charge is 0.496 e. The maximum atomic E-state index is 12.7. The minimum Gasteiger partial charge on any atom is -0.496 e. The van der Waals surface area contributed by atoms with Gasteiger partial charge in [0.25, 0.3) is 10.0 Å². The first kappa shape index (κ1) is 21.1. The van der Waals surface area contributed by atoms with Crippen LogP contribution in [0.3, 0.4) is 0 Å². The summed E-state index contributed by atoms with van der Waals surface area (Å²) < 4.78 is 60.1. The Kier molecular flexibility index (Phi) is 6.33. The van der Waals surface area contributed by atoms with E-state index in [1.165, 1.54) is 47.8 Å². The Hall–Kier alpha value is -1.62. The topological polar surface area (TPSA) is 92.8 Å². The summed E-state index contributed by atoms with van der Waals surface area (Å²) in [5.74, 6) is 0.520. The van der Waals surface area contributed by atoms with Gasteiger partial charge < -0.3 is 4.74 Å². The molecule has 1 aliphatic rings. The normalized spacial score (nSPS) is 15.9. The van der Waals surface area contributed by atoms with Crippen molar-refractivity contribution in [1.29, 1.82) is 0 Å². The van der Waals surface area contributed by atoms with Gasteiger partial charge in [-0.2, -0.15) is 4.31 Å².